The van der Waals surface area contributed by atoms with Crippen molar-refractivity contribution in [2.45, 2.75) is 44.9 Å². The van der Waals surface area contributed by atoms with Crippen LogP contribution in [0.2, 0.25) is 0 Å². The quantitative estimate of drug-likeness (QED) is 0.817. The highest BCUT2D eigenvalue weighted by Crippen LogP contribution is 2.49. The van der Waals surface area contributed by atoms with E-state index in [1.165, 1.54) is 0 Å². The molecular weight excluding hydrogens is 372 g/mol. The highest BCUT2D eigenvalue weighted by Gasteiger charge is 2.55. The van der Waals surface area contributed by atoms with E-state index in [0.29, 0.717) is 36.0 Å². The molecule has 3 aliphatic rings. The van der Waals surface area contributed by atoms with Crippen LogP contribution in [0.5, 0.6) is 0 Å². The molecule has 2 atom stereocenters. The molecule has 2 aliphatic carbocycles. The number of carbonyl (C=O) groups excluding carboxylic acids is 1. The number of amides is 2. The average Bonchev–Trinajstić information content (AvgIpc) is 3.12. The molecule has 0 radical (unpaired) electrons. The van der Waals surface area contributed by atoms with Gasteiger partial charge in [0.05, 0.1) is 16.7 Å². The molecule has 3 fully saturated rings. The van der Waals surface area contributed by atoms with Crippen LogP contribution in [0.4, 0.5) is 10.5 Å². The third-order valence-corrected chi connectivity index (χ3v) is 6.62. The van der Waals surface area contributed by atoms with Gasteiger partial charge in [-0.15, -0.1) is 0 Å². The van der Waals surface area contributed by atoms with Crippen molar-refractivity contribution in [1.29, 1.82) is 0 Å². The summed E-state index contributed by atoms with van der Waals surface area (Å²) in [7, 11) is 0. The number of carboxylic acids is 1. The molecule has 2 N–H and O–H groups in total. The van der Waals surface area contributed by atoms with Gasteiger partial charge in [-0.3, -0.25) is 4.79 Å². The number of benzene rings is 1. The van der Waals surface area contributed by atoms with Crippen molar-refractivity contribution in [3.8, 4) is 11.5 Å². The molecule has 2 amide bonds. The van der Waals surface area contributed by atoms with Crippen molar-refractivity contribution in [2.75, 3.05) is 18.4 Å². The number of aromatic nitrogens is 2. The summed E-state index contributed by atoms with van der Waals surface area (Å²) in [6.07, 6.45) is 4.57. The molecule has 1 aromatic carbocycles. The summed E-state index contributed by atoms with van der Waals surface area (Å²) in [5, 5.41) is 16.8. The van der Waals surface area contributed by atoms with Crippen LogP contribution in [0.15, 0.2) is 22.7 Å². The second-order valence-electron chi connectivity index (χ2n) is 8.64. The fourth-order valence-corrected chi connectivity index (χ4v) is 4.78. The average molecular weight is 396 g/mol. The van der Waals surface area contributed by atoms with Crippen molar-refractivity contribution in [3.63, 3.8) is 0 Å². The van der Waals surface area contributed by atoms with Gasteiger partial charge in [0.25, 0.3) is 5.89 Å². The zero-order chi connectivity index (χ0) is 20.2. The third kappa shape index (κ3) is 3.07. The highest BCUT2D eigenvalue weighted by molar-refractivity contribution is 5.94. The molecule has 2 saturated carbocycles. The number of urea groups is 1. The summed E-state index contributed by atoms with van der Waals surface area (Å²) in [5.41, 5.74) is 1.50. The number of hydrogen-bond donors (Lipinski definition) is 2. The van der Waals surface area contributed by atoms with E-state index in [-0.39, 0.29) is 18.5 Å². The number of fused-ring (bicyclic) bond motifs is 1. The van der Waals surface area contributed by atoms with Crippen molar-refractivity contribution in [2.24, 2.45) is 11.3 Å². The van der Waals surface area contributed by atoms with Crippen LogP contribution in [0.3, 0.4) is 0 Å². The smallest absolute Gasteiger partial charge is 0.321 e. The first kappa shape index (κ1) is 18.1. The predicted molar refractivity (Wildman–Crippen MR) is 104 cm³/mol. The third-order valence-electron chi connectivity index (χ3n) is 6.62. The molecule has 5 rings (SSSR count). The molecule has 2 heterocycles. The highest BCUT2D eigenvalue weighted by atomic mass is 16.5. The van der Waals surface area contributed by atoms with Crippen LogP contribution < -0.4 is 5.32 Å². The first-order chi connectivity index (χ1) is 14.0. The standard InChI is InChI=1S/C21H24N4O4/c1-12-4-7-16(15(9-12)18-23-17(24-29-18)13-5-6-13)22-20(28)25-10-14-3-2-8-21(14,11-25)19(26)27/h4,7,9,13-14H,2-3,5-6,8,10-11H2,1H3,(H,22,28)(H,26,27)/t14-,21+/m0/s1. The van der Waals surface area contributed by atoms with Gasteiger partial charge in [-0.1, -0.05) is 23.2 Å². The molecule has 1 aromatic heterocycles. The first-order valence-electron chi connectivity index (χ1n) is 10.2. The molecule has 152 valence electrons. The molecule has 29 heavy (non-hydrogen) atoms. The molecule has 8 heteroatoms. The lowest BCUT2D eigenvalue weighted by atomic mass is 9.81. The Bertz CT molecular complexity index is 983. The number of nitrogens with one attached hydrogen (secondary N) is 1. The van der Waals surface area contributed by atoms with E-state index in [0.717, 1.165) is 37.1 Å². The maximum absolute atomic E-state index is 13.0. The number of rotatable bonds is 4. The van der Waals surface area contributed by atoms with Crippen LogP contribution in [0.25, 0.3) is 11.5 Å². The van der Waals surface area contributed by atoms with E-state index in [1.807, 2.05) is 25.1 Å². The van der Waals surface area contributed by atoms with Gasteiger partial charge in [-0.25, -0.2) is 4.79 Å². The minimum Gasteiger partial charge on any atom is -0.481 e. The van der Waals surface area contributed by atoms with Crippen molar-refractivity contribution >= 4 is 17.7 Å². The number of anilines is 1. The zero-order valence-corrected chi connectivity index (χ0v) is 16.4. The van der Waals surface area contributed by atoms with Crippen LogP contribution in [0, 0.1) is 18.3 Å². The Hall–Kier alpha value is -2.90. The van der Waals surface area contributed by atoms with E-state index >= 15 is 0 Å². The zero-order valence-electron chi connectivity index (χ0n) is 16.4. The topological polar surface area (TPSA) is 109 Å². The second kappa shape index (κ2) is 6.57. The molecule has 0 unspecified atom stereocenters. The Morgan fingerprint density at radius 2 is 2.14 bits per heavy atom. The van der Waals surface area contributed by atoms with Crippen molar-refractivity contribution in [1.82, 2.24) is 15.0 Å². The monoisotopic (exact) mass is 396 g/mol. The van der Waals surface area contributed by atoms with E-state index in [9.17, 15) is 14.7 Å². The first-order valence-corrected chi connectivity index (χ1v) is 10.2. The Balaban J connectivity index is 1.38. The lowest BCUT2D eigenvalue weighted by Crippen LogP contribution is -2.38. The van der Waals surface area contributed by atoms with Gasteiger partial charge in [-0.2, -0.15) is 4.98 Å². The Morgan fingerprint density at radius 1 is 1.31 bits per heavy atom. The van der Waals surface area contributed by atoms with Gasteiger partial charge in [0.1, 0.15) is 0 Å². The lowest BCUT2D eigenvalue weighted by molar-refractivity contribution is -0.149. The Morgan fingerprint density at radius 3 is 2.86 bits per heavy atom. The maximum atomic E-state index is 13.0. The van der Waals surface area contributed by atoms with Crippen LogP contribution in [-0.4, -0.2) is 45.2 Å². The van der Waals surface area contributed by atoms with Crippen LogP contribution >= 0.6 is 0 Å². The summed E-state index contributed by atoms with van der Waals surface area (Å²) in [5.74, 6) is 0.734. The van der Waals surface area contributed by atoms with Crippen LogP contribution in [0.1, 0.15) is 49.4 Å². The largest absolute Gasteiger partial charge is 0.481 e. The summed E-state index contributed by atoms with van der Waals surface area (Å²) >= 11 is 0. The van der Waals surface area contributed by atoms with Crippen molar-refractivity contribution in [3.05, 3.63) is 29.6 Å². The summed E-state index contributed by atoms with van der Waals surface area (Å²) in [6, 6.07) is 5.37. The minimum atomic E-state index is -0.793. The molecular formula is C21H24N4O4. The van der Waals surface area contributed by atoms with E-state index in [1.54, 1.807) is 4.90 Å². The molecule has 1 saturated heterocycles. The predicted octanol–water partition coefficient (Wildman–Crippen LogP) is 3.64. The normalized spacial score (nSPS) is 25.8. The lowest BCUT2D eigenvalue weighted by Gasteiger charge is -2.23. The minimum absolute atomic E-state index is 0.0280. The maximum Gasteiger partial charge on any atom is 0.321 e. The second-order valence-corrected chi connectivity index (χ2v) is 8.64. The molecule has 0 bridgehead atoms. The number of likely N-dealkylation sites (tertiary alicyclic amines) is 1. The van der Waals surface area contributed by atoms with E-state index in [2.05, 4.69) is 15.5 Å². The molecule has 1 aliphatic heterocycles. The number of carboxylic acid groups (broad SMARTS) is 1. The Labute approximate surface area is 168 Å². The van der Waals surface area contributed by atoms with Gasteiger partial charge in [0, 0.05) is 19.0 Å². The summed E-state index contributed by atoms with van der Waals surface area (Å²) in [6.45, 7) is 2.70. The van der Waals surface area contributed by atoms with Gasteiger partial charge >= 0.3 is 12.0 Å². The van der Waals surface area contributed by atoms with E-state index < -0.39 is 11.4 Å². The number of carbonyl (C=O) groups is 2. The van der Waals surface area contributed by atoms with Gasteiger partial charge in [0.15, 0.2) is 5.82 Å². The molecule has 8 nitrogen and oxygen atoms in total. The number of nitrogens with zero attached hydrogens (tertiary/aromatic N) is 3. The summed E-state index contributed by atoms with van der Waals surface area (Å²) in [4.78, 5) is 31.0. The number of aryl methyl sites for hydroxylation is 1. The van der Waals surface area contributed by atoms with Crippen LogP contribution in [-0.2, 0) is 4.79 Å². The van der Waals surface area contributed by atoms with Gasteiger partial charge in [0.2, 0.25) is 0 Å². The molecule has 2 aromatic rings. The fraction of sp³-hybridized carbons (Fsp3) is 0.524. The van der Waals surface area contributed by atoms with Gasteiger partial charge in [-0.05, 0) is 50.7 Å². The van der Waals surface area contributed by atoms with Crippen molar-refractivity contribution < 1.29 is 19.2 Å². The summed E-state index contributed by atoms with van der Waals surface area (Å²) < 4.78 is 5.46. The van der Waals surface area contributed by atoms with Gasteiger partial charge < -0.3 is 19.8 Å². The Kier molecular flexibility index (Phi) is 4.11. The van der Waals surface area contributed by atoms with E-state index in [4.69, 9.17) is 4.52 Å². The molecule has 0 spiro atoms. The number of aliphatic carboxylic acids is 1. The number of hydrogen-bond acceptors (Lipinski definition) is 5. The SMILES string of the molecule is Cc1ccc(NC(=O)N2C[C@@H]3CCC[C@@]3(C(=O)O)C2)c(-c2nc(C3CC3)no2)c1. The fourth-order valence-electron chi connectivity index (χ4n) is 4.78.